The van der Waals surface area contributed by atoms with E-state index in [0.29, 0.717) is 10.5 Å². The average molecular weight is 347 g/mol. The van der Waals surface area contributed by atoms with Crippen LogP contribution in [0.15, 0.2) is 53.4 Å². The maximum Gasteiger partial charge on any atom is 0.318 e. The summed E-state index contributed by atoms with van der Waals surface area (Å²) < 4.78 is 18.6. The number of nitrogens with zero attached hydrogens (tertiary/aromatic N) is 1. The molecule has 0 spiro atoms. The number of methoxy groups -OCH3 is 1. The SMILES string of the molecule is COC(=O)[C@@H](C)Sc1ccccc1C(=O)N(C)c1ccccc1F. The predicted molar refractivity (Wildman–Crippen MR) is 92.9 cm³/mol. The molecule has 0 aliphatic rings. The third-order valence-corrected chi connectivity index (χ3v) is 4.63. The Balaban J connectivity index is 2.30. The van der Waals surface area contributed by atoms with Gasteiger partial charge in [-0.15, -0.1) is 11.8 Å². The molecule has 2 rings (SSSR count). The molecule has 0 radical (unpaired) electrons. The molecule has 1 amide bonds. The van der Waals surface area contributed by atoms with Crippen molar-refractivity contribution in [2.24, 2.45) is 0 Å². The highest BCUT2D eigenvalue weighted by Gasteiger charge is 2.22. The number of halogens is 1. The second kappa shape index (κ2) is 7.97. The quantitative estimate of drug-likeness (QED) is 0.610. The van der Waals surface area contributed by atoms with E-state index in [0.717, 1.165) is 0 Å². The molecule has 0 fully saturated rings. The van der Waals surface area contributed by atoms with Crippen molar-refractivity contribution in [3.63, 3.8) is 0 Å². The van der Waals surface area contributed by atoms with Gasteiger partial charge in [-0.25, -0.2) is 4.39 Å². The first-order valence-electron chi connectivity index (χ1n) is 7.31. The topological polar surface area (TPSA) is 46.6 Å². The van der Waals surface area contributed by atoms with Crippen LogP contribution in [0.1, 0.15) is 17.3 Å². The second-order valence-corrected chi connectivity index (χ2v) is 6.48. The van der Waals surface area contributed by atoms with Crippen molar-refractivity contribution in [3.8, 4) is 0 Å². The highest BCUT2D eigenvalue weighted by atomic mass is 32.2. The van der Waals surface area contributed by atoms with Gasteiger partial charge in [0.2, 0.25) is 0 Å². The highest BCUT2D eigenvalue weighted by molar-refractivity contribution is 8.00. The maximum atomic E-state index is 13.9. The number of amides is 1. The van der Waals surface area contributed by atoms with Crippen molar-refractivity contribution in [1.82, 2.24) is 0 Å². The van der Waals surface area contributed by atoms with Gasteiger partial charge in [-0.2, -0.15) is 0 Å². The molecule has 0 unspecified atom stereocenters. The molecule has 0 aliphatic heterocycles. The number of esters is 1. The van der Waals surface area contributed by atoms with Crippen LogP contribution in [0.4, 0.5) is 10.1 Å². The van der Waals surface area contributed by atoms with Crippen molar-refractivity contribution >= 4 is 29.3 Å². The molecule has 0 saturated heterocycles. The number of benzene rings is 2. The zero-order chi connectivity index (χ0) is 17.7. The van der Waals surface area contributed by atoms with Crippen LogP contribution in [-0.4, -0.2) is 31.3 Å². The Hall–Kier alpha value is -2.34. The van der Waals surface area contributed by atoms with E-state index in [9.17, 15) is 14.0 Å². The number of hydrogen-bond acceptors (Lipinski definition) is 4. The standard InChI is InChI=1S/C18H18FNO3S/c1-12(18(22)23-3)24-16-11-7-4-8-13(16)17(21)20(2)15-10-6-5-9-14(15)19/h4-12H,1-3H3/t12-/m1/s1. The van der Waals surface area contributed by atoms with Gasteiger partial charge in [0.1, 0.15) is 11.1 Å². The molecular formula is C18H18FNO3S. The fraction of sp³-hybridized carbons (Fsp3) is 0.222. The summed E-state index contributed by atoms with van der Waals surface area (Å²) in [5, 5.41) is -0.456. The minimum absolute atomic E-state index is 0.198. The number of thioether (sulfide) groups is 1. The molecule has 1 atom stereocenters. The number of hydrogen-bond donors (Lipinski definition) is 0. The summed E-state index contributed by atoms with van der Waals surface area (Å²) >= 11 is 1.23. The number of carbonyl (C=O) groups is 2. The van der Waals surface area contributed by atoms with E-state index in [1.165, 1.54) is 36.9 Å². The largest absolute Gasteiger partial charge is 0.468 e. The lowest BCUT2D eigenvalue weighted by atomic mass is 10.2. The normalized spacial score (nSPS) is 11.7. The molecule has 0 aromatic heterocycles. The van der Waals surface area contributed by atoms with Gasteiger partial charge in [-0.05, 0) is 31.2 Å². The van der Waals surface area contributed by atoms with Gasteiger partial charge in [0.25, 0.3) is 5.91 Å². The number of ether oxygens (including phenoxy) is 1. The van der Waals surface area contributed by atoms with Crippen LogP contribution in [0.2, 0.25) is 0 Å². The predicted octanol–water partition coefficient (Wildman–Crippen LogP) is 3.76. The number of rotatable bonds is 5. The zero-order valence-electron chi connectivity index (χ0n) is 13.7. The molecule has 0 bridgehead atoms. The third kappa shape index (κ3) is 3.94. The van der Waals surface area contributed by atoms with Crippen LogP contribution >= 0.6 is 11.8 Å². The molecular weight excluding hydrogens is 329 g/mol. The molecule has 0 heterocycles. The van der Waals surface area contributed by atoms with Gasteiger partial charge >= 0.3 is 5.97 Å². The van der Waals surface area contributed by atoms with Gasteiger partial charge in [-0.3, -0.25) is 9.59 Å². The fourth-order valence-corrected chi connectivity index (χ4v) is 3.18. The Bertz CT molecular complexity index is 751. The highest BCUT2D eigenvalue weighted by Crippen LogP contribution is 2.29. The Morgan fingerprint density at radius 1 is 1.12 bits per heavy atom. The Morgan fingerprint density at radius 3 is 2.42 bits per heavy atom. The average Bonchev–Trinajstić information content (AvgIpc) is 2.60. The summed E-state index contributed by atoms with van der Waals surface area (Å²) in [6, 6.07) is 13.0. The van der Waals surface area contributed by atoms with Gasteiger partial charge in [0, 0.05) is 11.9 Å². The third-order valence-electron chi connectivity index (χ3n) is 3.47. The molecule has 126 valence electrons. The second-order valence-electron chi connectivity index (χ2n) is 5.09. The number of anilines is 1. The molecule has 4 nitrogen and oxygen atoms in total. The number of para-hydroxylation sites is 1. The molecule has 24 heavy (non-hydrogen) atoms. The van der Waals surface area contributed by atoms with Crippen molar-refractivity contribution in [2.75, 3.05) is 19.1 Å². The molecule has 0 saturated carbocycles. The van der Waals surface area contributed by atoms with Gasteiger partial charge in [0.05, 0.1) is 18.4 Å². The van der Waals surface area contributed by atoms with E-state index in [-0.39, 0.29) is 17.6 Å². The van der Waals surface area contributed by atoms with E-state index in [1.54, 1.807) is 49.4 Å². The minimum Gasteiger partial charge on any atom is -0.468 e. The van der Waals surface area contributed by atoms with Gasteiger partial charge in [-0.1, -0.05) is 24.3 Å². The Morgan fingerprint density at radius 2 is 1.75 bits per heavy atom. The van der Waals surface area contributed by atoms with E-state index < -0.39 is 11.1 Å². The van der Waals surface area contributed by atoms with E-state index >= 15 is 0 Å². The first kappa shape index (κ1) is 18.0. The summed E-state index contributed by atoms with van der Waals surface area (Å²) in [4.78, 5) is 26.3. The van der Waals surface area contributed by atoms with E-state index in [2.05, 4.69) is 0 Å². The molecule has 2 aromatic rings. The Kier molecular flexibility index (Phi) is 5.98. The smallest absolute Gasteiger partial charge is 0.318 e. The molecule has 6 heteroatoms. The van der Waals surface area contributed by atoms with Crippen LogP contribution < -0.4 is 4.90 Å². The lowest BCUT2D eigenvalue weighted by molar-refractivity contribution is -0.139. The van der Waals surface area contributed by atoms with Crippen molar-refractivity contribution in [2.45, 2.75) is 17.1 Å². The fourth-order valence-electron chi connectivity index (χ4n) is 2.16. The lowest BCUT2D eigenvalue weighted by Gasteiger charge is -2.20. The van der Waals surface area contributed by atoms with Crippen molar-refractivity contribution in [1.29, 1.82) is 0 Å². The van der Waals surface area contributed by atoms with Crippen LogP contribution in [0.3, 0.4) is 0 Å². The van der Waals surface area contributed by atoms with Crippen LogP contribution in [0, 0.1) is 5.82 Å². The summed E-state index contributed by atoms with van der Waals surface area (Å²) in [6.07, 6.45) is 0. The van der Waals surface area contributed by atoms with Crippen LogP contribution in [-0.2, 0) is 9.53 Å². The van der Waals surface area contributed by atoms with Crippen molar-refractivity contribution < 1.29 is 18.7 Å². The van der Waals surface area contributed by atoms with E-state index in [4.69, 9.17) is 4.74 Å². The number of carbonyl (C=O) groups excluding carboxylic acids is 2. The summed E-state index contributed by atoms with van der Waals surface area (Å²) in [7, 11) is 2.84. The zero-order valence-corrected chi connectivity index (χ0v) is 14.5. The first-order valence-corrected chi connectivity index (χ1v) is 8.19. The van der Waals surface area contributed by atoms with Gasteiger partial charge in [0.15, 0.2) is 0 Å². The van der Waals surface area contributed by atoms with Crippen LogP contribution in [0.25, 0.3) is 0 Å². The summed E-state index contributed by atoms with van der Waals surface area (Å²) in [5.74, 6) is -1.19. The maximum absolute atomic E-state index is 13.9. The summed E-state index contributed by atoms with van der Waals surface area (Å²) in [5.41, 5.74) is 0.604. The molecule has 0 N–H and O–H groups in total. The Labute approximate surface area is 144 Å². The van der Waals surface area contributed by atoms with Gasteiger partial charge < -0.3 is 9.64 Å². The minimum atomic E-state index is -0.471. The van der Waals surface area contributed by atoms with Crippen LogP contribution in [0.5, 0.6) is 0 Å². The summed E-state index contributed by atoms with van der Waals surface area (Å²) in [6.45, 7) is 1.71. The molecule has 2 aromatic carbocycles. The van der Waals surface area contributed by atoms with Crippen molar-refractivity contribution in [3.05, 3.63) is 59.9 Å². The first-order chi connectivity index (χ1) is 11.5. The lowest BCUT2D eigenvalue weighted by Crippen LogP contribution is -2.27. The van der Waals surface area contributed by atoms with E-state index in [1.807, 2.05) is 0 Å². The monoisotopic (exact) mass is 347 g/mol. The molecule has 0 aliphatic carbocycles.